The third-order valence-corrected chi connectivity index (χ3v) is 1.89. The predicted octanol–water partition coefficient (Wildman–Crippen LogP) is 1.67. The first-order valence-electron chi connectivity index (χ1n) is 3.61. The van der Waals surface area contributed by atoms with Crippen molar-refractivity contribution in [2.24, 2.45) is 22.1 Å². The van der Waals surface area contributed by atoms with Gasteiger partial charge < -0.3 is 5.84 Å². The van der Waals surface area contributed by atoms with Crippen LogP contribution in [0.4, 0.5) is 0 Å². The van der Waals surface area contributed by atoms with Gasteiger partial charge in [0.05, 0.1) is 6.04 Å². The molecule has 0 aromatic carbocycles. The maximum absolute atomic E-state index is 4.96. The summed E-state index contributed by atoms with van der Waals surface area (Å²) in [6, 6.07) is 0.315. The SMILES string of the molecule is CC1C=CCCC1N=NN. The van der Waals surface area contributed by atoms with Crippen LogP contribution in [0.3, 0.4) is 0 Å². The van der Waals surface area contributed by atoms with Crippen LogP contribution in [0, 0.1) is 5.92 Å². The molecule has 1 aliphatic carbocycles. The lowest BCUT2D eigenvalue weighted by Gasteiger charge is -2.18. The highest BCUT2D eigenvalue weighted by Crippen LogP contribution is 2.20. The van der Waals surface area contributed by atoms with Crippen LogP contribution >= 0.6 is 0 Å². The van der Waals surface area contributed by atoms with Crippen molar-refractivity contribution in [3.05, 3.63) is 12.2 Å². The van der Waals surface area contributed by atoms with E-state index in [2.05, 4.69) is 29.4 Å². The Hall–Kier alpha value is -0.860. The van der Waals surface area contributed by atoms with Crippen molar-refractivity contribution >= 4 is 0 Å². The van der Waals surface area contributed by atoms with E-state index < -0.39 is 0 Å². The monoisotopic (exact) mass is 139 g/mol. The summed E-state index contributed by atoms with van der Waals surface area (Å²) in [5.74, 6) is 5.46. The van der Waals surface area contributed by atoms with Crippen LogP contribution in [-0.4, -0.2) is 6.04 Å². The maximum Gasteiger partial charge on any atom is 0.0792 e. The van der Waals surface area contributed by atoms with Crippen molar-refractivity contribution in [3.8, 4) is 0 Å². The molecule has 0 aliphatic heterocycles. The number of nitrogens with two attached hydrogens (primary N) is 1. The molecule has 1 rings (SSSR count). The van der Waals surface area contributed by atoms with Crippen molar-refractivity contribution in [1.82, 2.24) is 0 Å². The van der Waals surface area contributed by atoms with Crippen LogP contribution in [0.25, 0.3) is 0 Å². The van der Waals surface area contributed by atoms with E-state index in [4.69, 9.17) is 5.84 Å². The molecule has 0 amide bonds. The Balaban J connectivity index is 2.52. The molecule has 10 heavy (non-hydrogen) atoms. The lowest BCUT2D eigenvalue weighted by Crippen LogP contribution is -2.16. The molecule has 3 nitrogen and oxygen atoms in total. The van der Waals surface area contributed by atoms with Gasteiger partial charge in [-0.3, -0.25) is 0 Å². The molecule has 0 heterocycles. The molecule has 0 radical (unpaired) electrons. The van der Waals surface area contributed by atoms with Crippen molar-refractivity contribution < 1.29 is 0 Å². The summed E-state index contributed by atoms with van der Waals surface area (Å²) in [7, 11) is 0. The van der Waals surface area contributed by atoms with E-state index >= 15 is 0 Å². The second-order valence-corrected chi connectivity index (χ2v) is 2.66. The minimum atomic E-state index is 0.315. The third-order valence-electron chi connectivity index (χ3n) is 1.89. The summed E-state index contributed by atoms with van der Waals surface area (Å²) in [5.41, 5.74) is 0. The van der Waals surface area contributed by atoms with E-state index in [1.807, 2.05) is 0 Å². The summed E-state index contributed by atoms with van der Waals surface area (Å²) < 4.78 is 0. The second kappa shape index (κ2) is 3.34. The molecular formula is C7H13N3. The molecule has 0 aromatic heterocycles. The Labute approximate surface area is 61.0 Å². The minimum absolute atomic E-state index is 0.315. The Morgan fingerprint density at radius 2 is 2.40 bits per heavy atom. The Morgan fingerprint density at radius 3 is 3.00 bits per heavy atom. The summed E-state index contributed by atoms with van der Waals surface area (Å²) in [4.78, 5) is 0. The molecule has 3 heteroatoms. The Morgan fingerprint density at radius 1 is 1.60 bits per heavy atom. The zero-order valence-electron chi connectivity index (χ0n) is 6.20. The number of allylic oxidation sites excluding steroid dienone is 1. The van der Waals surface area contributed by atoms with Gasteiger partial charge in [0, 0.05) is 0 Å². The topological polar surface area (TPSA) is 50.7 Å². The number of hydrogen-bond donors (Lipinski definition) is 1. The molecule has 56 valence electrons. The summed E-state index contributed by atoms with van der Waals surface area (Å²) in [5, 5.41) is 7.22. The van der Waals surface area contributed by atoms with Crippen molar-refractivity contribution in [1.29, 1.82) is 0 Å². The van der Waals surface area contributed by atoms with Gasteiger partial charge in [0.15, 0.2) is 0 Å². The van der Waals surface area contributed by atoms with E-state index in [0.717, 1.165) is 12.8 Å². The minimum Gasteiger partial charge on any atom is -0.305 e. The predicted molar refractivity (Wildman–Crippen MR) is 40.4 cm³/mol. The second-order valence-electron chi connectivity index (χ2n) is 2.66. The Kier molecular flexibility index (Phi) is 2.42. The molecule has 0 spiro atoms. The van der Waals surface area contributed by atoms with E-state index in [0.29, 0.717) is 12.0 Å². The highest BCUT2D eigenvalue weighted by molar-refractivity contribution is 4.97. The van der Waals surface area contributed by atoms with E-state index in [1.54, 1.807) is 0 Å². The Bertz CT molecular complexity index is 151. The lowest BCUT2D eigenvalue weighted by molar-refractivity contribution is 0.467. The first-order chi connectivity index (χ1) is 4.84. The number of rotatable bonds is 1. The standard InChI is InChI=1S/C7H13N3/c1-6-4-2-3-5-7(6)9-10-8/h2,4,6-7H,3,5H2,1H3,(H2,8,9). The molecule has 0 saturated carbocycles. The zero-order valence-corrected chi connectivity index (χ0v) is 6.20. The maximum atomic E-state index is 4.96. The summed E-state index contributed by atoms with van der Waals surface area (Å²) in [6.45, 7) is 2.13. The third kappa shape index (κ3) is 1.56. The van der Waals surface area contributed by atoms with Gasteiger partial charge in [0.1, 0.15) is 0 Å². The molecule has 0 fully saturated rings. The van der Waals surface area contributed by atoms with Crippen molar-refractivity contribution in [3.63, 3.8) is 0 Å². The van der Waals surface area contributed by atoms with Gasteiger partial charge in [0.25, 0.3) is 0 Å². The molecule has 0 saturated heterocycles. The van der Waals surface area contributed by atoms with Crippen LogP contribution in [0.1, 0.15) is 19.8 Å². The molecule has 2 atom stereocenters. The quantitative estimate of drug-likeness (QED) is 0.255. The van der Waals surface area contributed by atoms with Gasteiger partial charge in [-0.2, -0.15) is 5.11 Å². The zero-order chi connectivity index (χ0) is 7.40. The molecule has 0 aromatic rings. The average Bonchev–Trinajstić information content (AvgIpc) is 1.94. The number of nitrogens with zero attached hydrogens (tertiary/aromatic N) is 2. The van der Waals surface area contributed by atoms with Gasteiger partial charge in [-0.25, -0.2) is 0 Å². The normalized spacial score (nSPS) is 33.3. The van der Waals surface area contributed by atoms with Crippen LogP contribution < -0.4 is 5.84 Å². The number of hydrogen-bond acceptors (Lipinski definition) is 2. The van der Waals surface area contributed by atoms with Gasteiger partial charge in [-0.1, -0.05) is 24.3 Å². The smallest absolute Gasteiger partial charge is 0.0792 e. The van der Waals surface area contributed by atoms with Gasteiger partial charge in [-0.15, -0.1) is 0 Å². The van der Waals surface area contributed by atoms with Crippen LogP contribution in [-0.2, 0) is 0 Å². The molecule has 1 aliphatic rings. The van der Waals surface area contributed by atoms with Crippen molar-refractivity contribution in [2.45, 2.75) is 25.8 Å². The summed E-state index contributed by atoms with van der Waals surface area (Å²) >= 11 is 0. The first-order valence-corrected chi connectivity index (χ1v) is 3.61. The fraction of sp³-hybridized carbons (Fsp3) is 0.714. The molecule has 2 N–H and O–H groups in total. The lowest BCUT2D eigenvalue weighted by atomic mass is 9.93. The average molecular weight is 139 g/mol. The highest BCUT2D eigenvalue weighted by Gasteiger charge is 2.15. The molecule has 0 bridgehead atoms. The van der Waals surface area contributed by atoms with Crippen LogP contribution in [0.2, 0.25) is 0 Å². The van der Waals surface area contributed by atoms with Gasteiger partial charge in [-0.05, 0) is 18.8 Å². The van der Waals surface area contributed by atoms with Crippen LogP contribution in [0.15, 0.2) is 22.5 Å². The van der Waals surface area contributed by atoms with Gasteiger partial charge >= 0.3 is 0 Å². The van der Waals surface area contributed by atoms with E-state index in [1.165, 1.54) is 0 Å². The summed E-state index contributed by atoms with van der Waals surface area (Å²) in [6.07, 6.45) is 6.54. The first kappa shape index (κ1) is 7.25. The largest absolute Gasteiger partial charge is 0.305 e. The fourth-order valence-corrected chi connectivity index (χ4v) is 1.22. The van der Waals surface area contributed by atoms with E-state index in [-0.39, 0.29) is 0 Å². The van der Waals surface area contributed by atoms with Crippen LogP contribution in [0.5, 0.6) is 0 Å². The highest BCUT2D eigenvalue weighted by atomic mass is 15.3. The van der Waals surface area contributed by atoms with Crippen molar-refractivity contribution in [2.75, 3.05) is 0 Å². The molecular weight excluding hydrogens is 126 g/mol. The van der Waals surface area contributed by atoms with E-state index in [9.17, 15) is 0 Å². The fourth-order valence-electron chi connectivity index (χ4n) is 1.22. The van der Waals surface area contributed by atoms with Gasteiger partial charge in [0.2, 0.25) is 0 Å². The molecule has 2 unspecified atom stereocenters.